The van der Waals surface area contributed by atoms with Gasteiger partial charge in [0.25, 0.3) is 0 Å². The van der Waals surface area contributed by atoms with E-state index in [1.165, 1.54) is 4.88 Å². The van der Waals surface area contributed by atoms with Crippen LogP contribution in [0.2, 0.25) is 0 Å². The SMILES string of the molecule is CNc1ncc(C2OC2C)s1. The van der Waals surface area contributed by atoms with Crippen molar-refractivity contribution >= 4 is 16.5 Å². The van der Waals surface area contributed by atoms with E-state index in [1.54, 1.807) is 11.3 Å². The van der Waals surface area contributed by atoms with E-state index in [0.29, 0.717) is 12.2 Å². The maximum absolute atomic E-state index is 5.30. The normalized spacial score (nSPS) is 28.5. The minimum Gasteiger partial charge on any atom is -0.365 e. The largest absolute Gasteiger partial charge is 0.365 e. The summed E-state index contributed by atoms with van der Waals surface area (Å²) in [5.74, 6) is 0. The van der Waals surface area contributed by atoms with Crippen molar-refractivity contribution in [2.45, 2.75) is 19.1 Å². The highest BCUT2D eigenvalue weighted by Gasteiger charge is 2.37. The lowest BCUT2D eigenvalue weighted by Crippen LogP contribution is -1.83. The standard InChI is InChI=1S/C7H10N2OS/c1-4-6(10-4)5-3-9-7(8-2)11-5/h3-4,6H,1-2H3,(H,8,9). The molecule has 2 rings (SSSR count). The number of rotatable bonds is 2. The second-order valence-corrected chi connectivity index (χ2v) is 3.64. The molecular formula is C7H10N2OS. The monoisotopic (exact) mass is 170 g/mol. The fourth-order valence-corrected chi connectivity index (χ4v) is 1.92. The third kappa shape index (κ3) is 1.23. The lowest BCUT2D eigenvalue weighted by Gasteiger charge is -1.86. The number of thiazole rings is 1. The molecule has 2 atom stereocenters. The van der Waals surface area contributed by atoms with Crippen molar-refractivity contribution in [2.75, 3.05) is 12.4 Å². The molecule has 3 nitrogen and oxygen atoms in total. The van der Waals surface area contributed by atoms with Crippen LogP contribution in [0.3, 0.4) is 0 Å². The minimum atomic E-state index is 0.314. The summed E-state index contributed by atoms with van der Waals surface area (Å²) >= 11 is 1.66. The predicted molar refractivity (Wildman–Crippen MR) is 44.9 cm³/mol. The number of epoxide rings is 1. The number of aromatic nitrogens is 1. The maximum atomic E-state index is 5.30. The lowest BCUT2D eigenvalue weighted by molar-refractivity contribution is 0.385. The molecule has 0 radical (unpaired) electrons. The van der Waals surface area contributed by atoms with Crippen LogP contribution in [0.25, 0.3) is 0 Å². The molecule has 0 bridgehead atoms. The van der Waals surface area contributed by atoms with E-state index in [9.17, 15) is 0 Å². The Bertz CT molecular complexity index is 261. The Morgan fingerprint density at radius 2 is 2.45 bits per heavy atom. The molecule has 1 N–H and O–H groups in total. The summed E-state index contributed by atoms with van der Waals surface area (Å²) in [6.45, 7) is 2.07. The van der Waals surface area contributed by atoms with Crippen LogP contribution >= 0.6 is 11.3 Å². The van der Waals surface area contributed by atoms with E-state index in [1.807, 2.05) is 13.2 Å². The summed E-state index contributed by atoms with van der Waals surface area (Å²) in [6, 6.07) is 0. The van der Waals surface area contributed by atoms with E-state index in [-0.39, 0.29) is 0 Å². The van der Waals surface area contributed by atoms with Gasteiger partial charge < -0.3 is 10.1 Å². The van der Waals surface area contributed by atoms with Crippen molar-refractivity contribution in [1.82, 2.24) is 4.98 Å². The molecule has 1 aliphatic heterocycles. The third-order valence-corrected chi connectivity index (χ3v) is 2.81. The van der Waals surface area contributed by atoms with Crippen molar-refractivity contribution in [3.8, 4) is 0 Å². The molecule has 2 heterocycles. The van der Waals surface area contributed by atoms with Crippen molar-refractivity contribution in [1.29, 1.82) is 0 Å². The van der Waals surface area contributed by atoms with Gasteiger partial charge in [-0.3, -0.25) is 0 Å². The molecule has 1 fully saturated rings. The van der Waals surface area contributed by atoms with Crippen LogP contribution in [-0.4, -0.2) is 18.1 Å². The van der Waals surface area contributed by atoms with Gasteiger partial charge in [-0.05, 0) is 6.92 Å². The number of ether oxygens (including phenoxy) is 1. The summed E-state index contributed by atoms with van der Waals surface area (Å²) in [6.07, 6.45) is 2.58. The van der Waals surface area contributed by atoms with Crippen molar-refractivity contribution in [3.63, 3.8) is 0 Å². The first-order valence-corrected chi connectivity index (χ1v) is 4.42. The molecule has 1 saturated heterocycles. The van der Waals surface area contributed by atoms with Gasteiger partial charge in [0.15, 0.2) is 5.13 Å². The Balaban J connectivity index is 2.13. The first-order chi connectivity index (χ1) is 5.31. The molecular weight excluding hydrogens is 160 g/mol. The summed E-state index contributed by atoms with van der Waals surface area (Å²) in [5.41, 5.74) is 0. The number of anilines is 1. The average molecular weight is 170 g/mol. The topological polar surface area (TPSA) is 37.5 Å². The molecule has 0 saturated carbocycles. The van der Waals surface area contributed by atoms with Gasteiger partial charge in [-0.2, -0.15) is 0 Å². The Morgan fingerprint density at radius 1 is 1.73 bits per heavy atom. The van der Waals surface area contributed by atoms with Gasteiger partial charge in [0.1, 0.15) is 6.10 Å². The first kappa shape index (κ1) is 7.06. The van der Waals surface area contributed by atoms with E-state index in [0.717, 1.165) is 5.13 Å². The van der Waals surface area contributed by atoms with Crippen LogP contribution in [0.15, 0.2) is 6.20 Å². The molecule has 0 spiro atoms. The molecule has 0 aliphatic carbocycles. The van der Waals surface area contributed by atoms with Gasteiger partial charge in [0.2, 0.25) is 0 Å². The Hall–Kier alpha value is -0.610. The maximum Gasteiger partial charge on any atom is 0.182 e. The third-order valence-electron chi connectivity index (χ3n) is 1.73. The van der Waals surface area contributed by atoms with Gasteiger partial charge >= 0.3 is 0 Å². The smallest absolute Gasteiger partial charge is 0.182 e. The number of hydrogen-bond donors (Lipinski definition) is 1. The molecule has 2 unspecified atom stereocenters. The molecule has 60 valence electrons. The van der Waals surface area contributed by atoms with Gasteiger partial charge in [-0.1, -0.05) is 11.3 Å². The predicted octanol–water partition coefficient (Wildman–Crippen LogP) is 1.64. The van der Waals surface area contributed by atoms with Crippen molar-refractivity contribution < 1.29 is 4.74 Å². The number of hydrogen-bond acceptors (Lipinski definition) is 4. The second kappa shape index (κ2) is 2.46. The van der Waals surface area contributed by atoms with Crippen LogP contribution in [0.5, 0.6) is 0 Å². The zero-order chi connectivity index (χ0) is 7.84. The van der Waals surface area contributed by atoms with E-state index < -0.39 is 0 Å². The van der Waals surface area contributed by atoms with Crippen molar-refractivity contribution in [2.24, 2.45) is 0 Å². The highest BCUT2D eigenvalue weighted by atomic mass is 32.1. The molecule has 1 aromatic heterocycles. The molecule has 1 aromatic rings. The van der Waals surface area contributed by atoms with E-state index in [2.05, 4.69) is 17.2 Å². The Labute approximate surface area is 69.4 Å². The quantitative estimate of drug-likeness (QED) is 0.686. The van der Waals surface area contributed by atoms with Crippen LogP contribution in [-0.2, 0) is 4.74 Å². The van der Waals surface area contributed by atoms with Gasteiger partial charge in [-0.25, -0.2) is 4.98 Å². The van der Waals surface area contributed by atoms with E-state index in [4.69, 9.17) is 4.74 Å². The van der Waals surface area contributed by atoms with Crippen molar-refractivity contribution in [3.05, 3.63) is 11.1 Å². The van der Waals surface area contributed by atoms with Gasteiger partial charge in [0, 0.05) is 13.2 Å². The zero-order valence-corrected chi connectivity index (χ0v) is 7.31. The Kier molecular flexibility index (Phi) is 1.58. The van der Waals surface area contributed by atoms with Gasteiger partial charge in [0.05, 0.1) is 11.0 Å². The molecule has 0 aromatic carbocycles. The molecule has 11 heavy (non-hydrogen) atoms. The summed E-state index contributed by atoms with van der Waals surface area (Å²) in [4.78, 5) is 5.38. The Morgan fingerprint density at radius 3 is 2.91 bits per heavy atom. The zero-order valence-electron chi connectivity index (χ0n) is 6.50. The highest BCUT2D eigenvalue weighted by Crippen LogP contribution is 2.41. The van der Waals surface area contributed by atoms with Crippen LogP contribution in [0.1, 0.15) is 17.9 Å². The number of nitrogens with zero attached hydrogens (tertiary/aromatic N) is 1. The molecule has 1 aliphatic rings. The summed E-state index contributed by atoms with van der Waals surface area (Å²) < 4.78 is 5.30. The van der Waals surface area contributed by atoms with Crippen LogP contribution in [0.4, 0.5) is 5.13 Å². The number of nitrogens with one attached hydrogen (secondary N) is 1. The van der Waals surface area contributed by atoms with E-state index >= 15 is 0 Å². The van der Waals surface area contributed by atoms with Crippen LogP contribution in [0, 0.1) is 0 Å². The van der Waals surface area contributed by atoms with Gasteiger partial charge in [-0.15, -0.1) is 0 Å². The fourth-order valence-electron chi connectivity index (χ4n) is 1.02. The summed E-state index contributed by atoms with van der Waals surface area (Å²) in [7, 11) is 1.87. The lowest BCUT2D eigenvalue weighted by atomic mass is 10.3. The van der Waals surface area contributed by atoms with Crippen LogP contribution < -0.4 is 5.32 Å². The average Bonchev–Trinajstić information content (AvgIpc) is 2.59. The highest BCUT2D eigenvalue weighted by molar-refractivity contribution is 7.15. The first-order valence-electron chi connectivity index (χ1n) is 3.60. The second-order valence-electron chi connectivity index (χ2n) is 2.58. The fraction of sp³-hybridized carbons (Fsp3) is 0.571. The molecule has 4 heteroatoms. The molecule has 0 amide bonds. The summed E-state index contributed by atoms with van der Waals surface area (Å²) in [5, 5.41) is 3.96. The minimum absolute atomic E-state index is 0.314.